The minimum atomic E-state index is 0.418. The lowest BCUT2D eigenvalue weighted by atomic mass is 9.80. The van der Waals surface area contributed by atoms with Gasteiger partial charge in [-0.25, -0.2) is 0 Å². The summed E-state index contributed by atoms with van der Waals surface area (Å²) in [6.07, 6.45) is 7.52. The molecule has 1 aromatic carbocycles. The fraction of sp³-hybridized carbons (Fsp3) is 0.529. The molecule has 4 heteroatoms. The molecule has 1 fully saturated rings. The van der Waals surface area contributed by atoms with Crippen molar-refractivity contribution in [2.24, 2.45) is 5.92 Å². The Morgan fingerprint density at radius 1 is 1.19 bits per heavy atom. The van der Waals surface area contributed by atoms with E-state index in [4.69, 9.17) is 16.1 Å². The van der Waals surface area contributed by atoms with Gasteiger partial charge in [-0.15, -0.1) is 0 Å². The second-order valence-corrected chi connectivity index (χ2v) is 6.35. The van der Waals surface area contributed by atoms with Gasteiger partial charge >= 0.3 is 0 Å². The Bertz CT molecular complexity index is 588. The molecule has 1 aliphatic rings. The second kappa shape index (κ2) is 6.61. The predicted molar refractivity (Wildman–Crippen MR) is 84.4 cm³/mol. The van der Waals surface area contributed by atoms with Gasteiger partial charge in [0, 0.05) is 11.5 Å². The van der Waals surface area contributed by atoms with Gasteiger partial charge < -0.3 is 4.52 Å². The van der Waals surface area contributed by atoms with E-state index in [1.54, 1.807) is 0 Å². The van der Waals surface area contributed by atoms with E-state index in [9.17, 15) is 0 Å². The minimum absolute atomic E-state index is 0.418. The topological polar surface area (TPSA) is 38.9 Å². The molecule has 1 heterocycles. The molecule has 3 nitrogen and oxygen atoms in total. The first-order valence-corrected chi connectivity index (χ1v) is 8.24. The summed E-state index contributed by atoms with van der Waals surface area (Å²) >= 11 is 6.19. The van der Waals surface area contributed by atoms with E-state index in [1.807, 2.05) is 24.3 Å². The maximum atomic E-state index is 6.19. The average molecular weight is 305 g/mol. The molecule has 1 aromatic heterocycles. The summed E-state index contributed by atoms with van der Waals surface area (Å²) < 4.78 is 5.49. The van der Waals surface area contributed by atoms with Crippen molar-refractivity contribution < 1.29 is 4.52 Å². The SMILES string of the molecule is CCCC1CCC(c2nc(-c3ccccc3Cl)no2)CC1. The smallest absolute Gasteiger partial charge is 0.230 e. The van der Waals surface area contributed by atoms with E-state index in [-0.39, 0.29) is 0 Å². The number of aromatic nitrogens is 2. The van der Waals surface area contributed by atoms with Crippen LogP contribution in [0.1, 0.15) is 57.3 Å². The highest BCUT2D eigenvalue weighted by Crippen LogP contribution is 2.37. The molecule has 21 heavy (non-hydrogen) atoms. The third kappa shape index (κ3) is 3.29. The van der Waals surface area contributed by atoms with Crippen LogP contribution < -0.4 is 0 Å². The maximum absolute atomic E-state index is 6.19. The lowest BCUT2D eigenvalue weighted by molar-refractivity contribution is 0.262. The van der Waals surface area contributed by atoms with Crippen molar-refractivity contribution in [2.75, 3.05) is 0 Å². The van der Waals surface area contributed by atoms with E-state index in [0.29, 0.717) is 16.8 Å². The molecule has 0 radical (unpaired) electrons. The molecule has 0 atom stereocenters. The second-order valence-electron chi connectivity index (χ2n) is 5.94. The lowest BCUT2D eigenvalue weighted by Crippen LogP contribution is -2.13. The highest BCUT2D eigenvalue weighted by atomic mass is 35.5. The Balaban J connectivity index is 1.70. The molecule has 1 aliphatic carbocycles. The van der Waals surface area contributed by atoms with E-state index >= 15 is 0 Å². The third-order valence-electron chi connectivity index (χ3n) is 4.45. The summed E-state index contributed by atoms with van der Waals surface area (Å²) in [6, 6.07) is 7.62. The Morgan fingerprint density at radius 2 is 1.95 bits per heavy atom. The predicted octanol–water partition coefficient (Wildman–Crippen LogP) is 5.46. The van der Waals surface area contributed by atoms with Crippen LogP contribution in [-0.2, 0) is 0 Å². The van der Waals surface area contributed by atoms with Crippen LogP contribution in [0.2, 0.25) is 5.02 Å². The highest BCUT2D eigenvalue weighted by molar-refractivity contribution is 6.33. The zero-order valence-electron chi connectivity index (χ0n) is 12.4. The number of hydrogen-bond donors (Lipinski definition) is 0. The van der Waals surface area contributed by atoms with Crippen molar-refractivity contribution in [2.45, 2.75) is 51.4 Å². The van der Waals surface area contributed by atoms with Crippen molar-refractivity contribution in [1.82, 2.24) is 10.1 Å². The zero-order chi connectivity index (χ0) is 14.7. The van der Waals surface area contributed by atoms with Crippen molar-refractivity contribution >= 4 is 11.6 Å². The van der Waals surface area contributed by atoms with Gasteiger partial charge in [-0.2, -0.15) is 4.98 Å². The van der Waals surface area contributed by atoms with Crippen LogP contribution in [0.25, 0.3) is 11.4 Å². The Labute approximate surface area is 130 Å². The first-order chi connectivity index (χ1) is 10.3. The van der Waals surface area contributed by atoms with Gasteiger partial charge in [0.2, 0.25) is 11.7 Å². The molecule has 3 rings (SSSR count). The molecule has 0 bridgehead atoms. The fourth-order valence-corrected chi connectivity index (χ4v) is 3.48. The van der Waals surface area contributed by atoms with Gasteiger partial charge in [0.05, 0.1) is 5.02 Å². The highest BCUT2D eigenvalue weighted by Gasteiger charge is 2.26. The number of nitrogens with zero attached hydrogens (tertiary/aromatic N) is 2. The molecule has 0 N–H and O–H groups in total. The molecular formula is C17H21ClN2O. The van der Waals surface area contributed by atoms with Crippen LogP contribution in [0, 0.1) is 5.92 Å². The molecule has 0 aliphatic heterocycles. The third-order valence-corrected chi connectivity index (χ3v) is 4.78. The van der Waals surface area contributed by atoms with Crippen LogP contribution in [-0.4, -0.2) is 10.1 Å². The van der Waals surface area contributed by atoms with Gasteiger partial charge in [0.15, 0.2) is 0 Å². The molecule has 0 saturated heterocycles. The summed E-state index contributed by atoms with van der Waals surface area (Å²) in [5.41, 5.74) is 0.842. The maximum Gasteiger partial charge on any atom is 0.230 e. The van der Waals surface area contributed by atoms with Crippen LogP contribution >= 0.6 is 11.6 Å². The first kappa shape index (κ1) is 14.6. The van der Waals surface area contributed by atoms with Crippen molar-refractivity contribution in [1.29, 1.82) is 0 Å². The number of rotatable bonds is 4. The first-order valence-electron chi connectivity index (χ1n) is 7.86. The Morgan fingerprint density at radius 3 is 2.67 bits per heavy atom. The molecule has 0 unspecified atom stereocenters. The number of benzene rings is 1. The summed E-state index contributed by atoms with van der Waals surface area (Å²) in [5.74, 6) is 2.69. The van der Waals surface area contributed by atoms with Gasteiger partial charge in [0.25, 0.3) is 0 Å². The minimum Gasteiger partial charge on any atom is -0.339 e. The molecule has 0 spiro atoms. The summed E-state index contributed by atoms with van der Waals surface area (Å²) in [6.45, 7) is 2.26. The van der Waals surface area contributed by atoms with E-state index in [1.165, 1.54) is 25.7 Å². The van der Waals surface area contributed by atoms with Crippen molar-refractivity contribution in [3.05, 3.63) is 35.2 Å². The largest absolute Gasteiger partial charge is 0.339 e. The fourth-order valence-electron chi connectivity index (χ4n) is 3.26. The lowest BCUT2D eigenvalue weighted by Gasteiger charge is -2.25. The Hall–Kier alpha value is -1.35. The number of hydrogen-bond acceptors (Lipinski definition) is 3. The Kier molecular flexibility index (Phi) is 4.59. The van der Waals surface area contributed by atoms with Gasteiger partial charge in [-0.3, -0.25) is 0 Å². The summed E-state index contributed by atoms with van der Waals surface area (Å²) in [7, 11) is 0. The molecular weight excluding hydrogens is 284 g/mol. The molecule has 2 aromatic rings. The average Bonchev–Trinajstić information content (AvgIpc) is 2.98. The van der Waals surface area contributed by atoms with E-state index < -0.39 is 0 Å². The van der Waals surface area contributed by atoms with Gasteiger partial charge in [0.1, 0.15) is 0 Å². The summed E-state index contributed by atoms with van der Waals surface area (Å²) in [4.78, 5) is 4.57. The number of halogens is 1. The normalized spacial score (nSPS) is 22.4. The van der Waals surface area contributed by atoms with Crippen molar-refractivity contribution in [3.8, 4) is 11.4 Å². The van der Waals surface area contributed by atoms with Crippen LogP contribution in [0.15, 0.2) is 28.8 Å². The standard InChI is InChI=1S/C17H21ClN2O/c1-2-5-12-8-10-13(11-9-12)17-19-16(20-21-17)14-6-3-4-7-15(14)18/h3-4,6-7,12-13H,2,5,8-11H2,1H3. The quantitative estimate of drug-likeness (QED) is 0.752. The summed E-state index contributed by atoms with van der Waals surface area (Å²) in [5, 5.41) is 4.77. The van der Waals surface area contributed by atoms with Crippen LogP contribution in [0.4, 0.5) is 0 Å². The van der Waals surface area contributed by atoms with Crippen LogP contribution in [0.5, 0.6) is 0 Å². The van der Waals surface area contributed by atoms with Crippen molar-refractivity contribution in [3.63, 3.8) is 0 Å². The van der Waals surface area contributed by atoms with Gasteiger partial charge in [-0.1, -0.05) is 48.7 Å². The van der Waals surface area contributed by atoms with E-state index in [0.717, 1.165) is 30.2 Å². The van der Waals surface area contributed by atoms with Crippen LogP contribution in [0.3, 0.4) is 0 Å². The van der Waals surface area contributed by atoms with Gasteiger partial charge in [-0.05, 0) is 43.7 Å². The molecule has 0 amide bonds. The van der Waals surface area contributed by atoms with E-state index in [2.05, 4.69) is 17.1 Å². The zero-order valence-corrected chi connectivity index (χ0v) is 13.1. The monoisotopic (exact) mass is 304 g/mol. The molecule has 1 saturated carbocycles. The molecule has 112 valence electrons.